The zero-order valence-corrected chi connectivity index (χ0v) is 29.0. The number of hydrogen-bond donors (Lipinski definition) is 4. The summed E-state index contributed by atoms with van der Waals surface area (Å²) in [4.78, 5) is 12.5. The molecular formula is C35H71NO6S. The molecule has 8 heteroatoms. The van der Waals surface area contributed by atoms with Crippen LogP contribution in [0.3, 0.4) is 0 Å². The molecule has 0 aliphatic heterocycles. The van der Waals surface area contributed by atoms with Crippen LogP contribution in [0.5, 0.6) is 0 Å². The zero-order valence-electron chi connectivity index (χ0n) is 28.2. The van der Waals surface area contributed by atoms with Crippen LogP contribution < -0.4 is 5.32 Å². The molecule has 0 radical (unpaired) electrons. The molecule has 1 amide bonds. The number of carbonyl (C=O) groups excluding carboxylic acids is 1. The van der Waals surface area contributed by atoms with E-state index in [1.165, 1.54) is 122 Å². The molecule has 0 aliphatic carbocycles. The first-order chi connectivity index (χ1) is 20.7. The Kier molecular flexibility index (Phi) is 29.5. The van der Waals surface area contributed by atoms with Gasteiger partial charge in [0.1, 0.15) is 6.10 Å². The molecule has 3 unspecified atom stereocenters. The average molecular weight is 634 g/mol. The molecule has 0 fully saturated rings. The molecule has 0 aromatic heterocycles. The Labute approximate surface area is 266 Å². The highest BCUT2D eigenvalue weighted by atomic mass is 32.2. The molecule has 0 aliphatic rings. The second kappa shape index (κ2) is 30.0. The minimum absolute atomic E-state index is 0.303. The molecule has 0 saturated carbocycles. The van der Waals surface area contributed by atoms with E-state index in [9.17, 15) is 28.0 Å². The van der Waals surface area contributed by atoms with Gasteiger partial charge in [0, 0.05) is 0 Å². The number of amides is 1. The first-order valence-electron chi connectivity index (χ1n) is 18.3. The third-order valence-corrected chi connectivity index (χ3v) is 9.45. The lowest BCUT2D eigenvalue weighted by molar-refractivity contribution is -0.131. The van der Waals surface area contributed by atoms with E-state index >= 15 is 0 Å². The van der Waals surface area contributed by atoms with Crippen molar-refractivity contribution < 1.29 is 28.0 Å². The standard InChI is InChI=1S/C35H71NO6S/c1-3-5-7-9-11-13-14-15-16-17-18-19-20-21-22-24-26-28-30-34(38)35(39)36-32(31-43(40,41)42)33(37)29-27-25-23-12-10-8-6-4-2/h32-34,37-38H,3-31H2,1-2H3,(H,36,39)(H,40,41,42). The Balaban J connectivity index is 3.91. The van der Waals surface area contributed by atoms with E-state index in [1.807, 2.05) is 0 Å². The van der Waals surface area contributed by atoms with Gasteiger partial charge in [-0.05, 0) is 12.8 Å². The number of aliphatic hydroxyl groups is 2. The Morgan fingerprint density at radius 3 is 1.16 bits per heavy atom. The first-order valence-corrected chi connectivity index (χ1v) is 19.9. The monoisotopic (exact) mass is 634 g/mol. The fourth-order valence-electron chi connectivity index (χ4n) is 5.81. The van der Waals surface area contributed by atoms with Gasteiger partial charge in [0.2, 0.25) is 5.91 Å². The normalized spacial score (nSPS) is 14.1. The topological polar surface area (TPSA) is 124 Å². The van der Waals surface area contributed by atoms with E-state index in [0.29, 0.717) is 19.3 Å². The van der Waals surface area contributed by atoms with E-state index in [1.54, 1.807) is 0 Å². The SMILES string of the molecule is CCCCCCCCCCCCCCCCCCCCC(O)C(=O)NC(CS(=O)(=O)O)C(O)CCCCCCCCCC. The molecule has 0 aromatic carbocycles. The third kappa shape index (κ3) is 29.8. The van der Waals surface area contributed by atoms with Gasteiger partial charge in [-0.15, -0.1) is 0 Å². The number of aliphatic hydroxyl groups excluding tert-OH is 2. The highest BCUT2D eigenvalue weighted by molar-refractivity contribution is 7.85. The Morgan fingerprint density at radius 1 is 0.535 bits per heavy atom. The van der Waals surface area contributed by atoms with Crippen molar-refractivity contribution in [2.75, 3.05) is 5.75 Å². The second-order valence-corrected chi connectivity index (χ2v) is 14.5. The van der Waals surface area contributed by atoms with E-state index < -0.39 is 40.0 Å². The Morgan fingerprint density at radius 2 is 0.837 bits per heavy atom. The molecule has 3 atom stereocenters. The minimum Gasteiger partial charge on any atom is -0.391 e. The van der Waals surface area contributed by atoms with Crippen molar-refractivity contribution in [3.8, 4) is 0 Å². The molecule has 258 valence electrons. The molecular weight excluding hydrogens is 562 g/mol. The van der Waals surface area contributed by atoms with E-state index in [2.05, 4.69) is 19.2 Å². The molecule has 0 rings (SSSR count). The summed E-state index contributed by atoms with van der Waals surface area (Å²) in [6, 6.07) is -1.14. The fourth-order valence-corrected chi connectivity index (χ4v) is 6.57. The van der Waals surface area contributed by atoms with Crippen LogP contribution in [-0.2, 0) is 14.9 Å². The molecule has 0 saturated heterocycles. The fraction of sp³-hybridized carbons (Fsp3) is 0.971. The van der Waals surface area contributed by atoms with Gasteiger partial charge in [0.05, 0.1) is 17.9 Å². The molecule has 43 heavy (non-hydrogen) atoms. The number of rotatable bonds is 33. The van der Waals surface area contributed by atoms with Crippen molar-refractivity contribution in [3.63, 3.8) is 0 Å². The number of hydrogen-bond acceptors (Lipinski definition) is 5. The maximum Gasteiger partial charge on any atom is 0.266 e. The Hall–Kier alpha value is -0.700. The molecule has 0 aromatic rings. The summed E-state index contributed by atoms with van der Waals surface area (Å²) in [5.41, 5.74) is 0. The van der Waals surface area contributed by atoms with Crippen molar-refractivity contribution in [3.05, 3.63) is 0 Å². The summed E-state index contributed by atoms with van der Waals surface area (Å²) < 4.78 is 32.3. The lowest BCUT2D eigenvalue weighted by Gasteiger charge is -2.24. The highest BCUT2D eigenvalue weighted by Crippen LogP contribution is 2.16. The summed E-state index contributed by atoms with van der Waals surface area (Å²) in [6.45, 7) is 4.45. The zero-order chi connectivity index (χ0) is 32.0. The summed E-state index contributed by atoms with van der Waals surface area (Å²) in [6.07, 6.45) is 30.0. The van der Waals surface area contributed by atoms with Crippen LogP contribution in [0.1, 0.15) is 194 Å². The maximum atomic E-state index is 12.5. The van der Waals surface area contributed by atoms with Crippen LogP contribution in [0.25, 0.3) is 0 Å². The molecule has 0 spiro atoms. The van der Waals surface area contributed by atoms with Crippen LogP contribution in [0.2, 0.25) is 0 Å². The second-order valence-electron chi connectivity index (χ2n) is 13.0. The van der Waals surface area contributed by atoms with Crippen molar-refractivity contribution in [1.82, 2.24) is 5.32 Å². The molecule has 7 nitrogen and oxygen atoms in total. The summed E-state index contributed by atoms with van der Waals surface area (Å²) in [7, 11) is -4.39. The summed E-state index contributed by atoms with van der Waals surface area (Å²) >= 11 is 0. The number of carbonyl (C=O) groups is 1. The quantitative estimate of drug-likeness (QED) is 0.0422. The van der Waals surface area contributed by atoms with Crippen molar-refractivity contribution in [2.45, 2.75) is 212 Å². The van der Waals surface area contributed by atoms with Gasteiger partial charge in [-0.25, -0.2) is 0 Å². The predicted octanol–water partition coefficient (Wildman–Crippen LogP) is 9.04. The van der Waals surface area contributed by atoms with E-state index in [0.717, 1.165) is 38.5 Å². The summed E-state index contributed by atoms with van der Waals surface area (Å²) in [5.74, 6) is -1.45. The van der Waals surface area contributed by atoms with Gasteiger partial charge in [-0.2, -0.15) is 8.42 Å². The average Bonchev–Trinajstić information content (AvgIpc) is 2.96. The van der Waals surface area contributed by atoms with Crippen molar-refractivity contribution in [2.24, 2.45) is 0 Å². The van der Waals surface area contributed by atoms with Crippen LogP contribution >= 0.6 is 0 Å². The van der Waals surface area contributed by atoms with Gasteiger partial charge in [-0.1, -0.05) is 181 Å². The predicted molar refractivity (Wildman–Crippen MR) is 181 cm³/mol. The largest absolute Gasteiger partial charge is 0.391 e. The van der Waals surface area contributed by atoms with E-state index in [-0.39, 0.29) is 0 Å². The lowest BCUT2D eigenvalue weighted by Crippen LogP contribution is -2.50. The van der Waals surface area contributed by atoms with Gasteiger partial charge < -0.3 is 15.5 Å². The number of nitrogens with one attached hydrogen (secondary N) is 1. The van der Waals surface area contributed by atoms with Crippen LogP contribution in [-0.4, -0.2) is 53.1 Å². The molecule has 4 N–H and O–H groups in total. The Bertz CT molecular complexity index is 717. The van der Waals surface area contributed by atoms with Crippen LogP contribution in [0.15, 0.2) is 0 Å². The third-order valence-electron chi connectivity index (χ3n) is 8.67. The molecule has 0 heterocycles. The van der Waals surface area contributed by atoms with Gasteiger partial charge in [-0.3, -0.25) is 9.35 Å². The first kappa shape index (κ1) is 42.3. The van der Waals surface area contributed by atoms with Gasteiger partial charge in [0.15, 0.2) is 0 Å². The maximum absolute atomic E-state index is 12.5. The number of unbranched alkanes of at least 4 members (excludes halogenated alkanes) is 24. The highest BCUT2D eigenvalue weighted by Gasteiger charge is 2.28. The van der Waals surface area contributed by atoms with Crippen molar-refractivity contribution >= 4 is 16.0 Å². The summed E-state index contributed by atoms with van der Waals surface area (Å²) in [5, 5.41) is 23.3. The van der Waals surface area contributed by atoms with E-state index in [4.69, 9.17) is 0 Å². The minimum atomic E-state index is -4.39. The van der Waals surface area contributed by atoms with Crippen LogP contribution in [0.4, 0.5) is 0 Å². The van der Waals surface area contributed by atoms with Crippen LogP contribution in [0, 0.1) is 0 Å². The van der Waals surface area contributed by atoms with Crippen molar-refractivity contribution in [1.29, 1.82) is 0 Å². The van der Waals surface area contributed by atoms with Gasteiger partial charge >= 0.3 is 0 Å². The van der Waals surface area contributed by atoms with Gasteiger partial charge in [0.25, 0.3) is 10.1 Å². The molecule has 0 bridgehead atoms. The lowest BCUT2D eigenvalue weighted by atomic mass is 10.0. The smallest absolute Gasteiger partial charge is 0.266 e.